The van der Waals surface area contributed by atoms with Crippen molar-refractivity contribution in [1.29, 1.82) is 0 Å². The predicted octanol–water partition coefficient (Wildman–Crippen LogP) is 2.62. The predicted molar refractivity (Wildman–Crippen MR) is 101 cm³/mol. The van der Waals surface area contributed by atoms with Crippen molar-refractivity contribution in [3.8, 4) is 0 Å². The lowest BCUT2D eigenvalue weighted by molar-refractivity contribution is -0.117. The van der Waals surface area contributed by atoms with Gasteiger partial charge in [0.25, 0.3) is 0 Å². The van der Waals surface area contributed by atoms with Gasteiger partial charge in [0.2, 0.25) is 5.91 Å². The van der Waals surface area contributed by atoms with E-state index in [4.69, 9.17) is 0 Å². The molecule has 0 bridgehead atoms. The number of rotatable bonds is 3. The highest BCUT2D eigenvalue weighted by Crippen LogP contribution is 2.26. The largest absolute Gasteiger partial charge is 0.324 e. The summed E-state index contributed by atoms with van der Waals surface area (Å²) in [5, 5.41) is 2.92. The highest BCUT2D eigenvalue weighted by molar-refractivity contribution is 9.10. The first-order valence-electron chi connectivity index (χ1n) is 8.09. The van der Waals surface area contributed by atoms with Crippen LogP contribution in [0, 0.1) is 0 Å². The van der Waals surface area contributed by atoms with E-state index >= 15 is 0 Å². The zero-order valence-corrected chi connectivity index (χ0v) is 15.0. The van der Waals surface area contributed by atoms with Gasteiger partial charge in [-0.2, -0.15) is 0 Å². The van der Waals surface area contributed by atoms with Crippen molar-refractivity contribution in [3.05, 3.63) is 62.5 Å². The number of fused-ring (bicyclic) bond motifs is 2. The van der Waals surface area contributed by atoms with Gasteiger partial charge in [-0.05, 0) is 45.6 Å². The highest BCUT2D eigenvalue weighted by Gasteiger charge is 2.18. The molecule has 3 aromatic rings. The molecule has 0 saturated carbocycles. The normalized spacial score (nSPS) is 14.4. The van der Waals surface area contributed by atoms with Crippen LogP contribution in [0.1, 0.15) is 11.1 Å². The molecule has 1 amide bonds. The Morgan fingerprint density at radius 1 is 1.16 bits per heavy atom. The summed E-state index contributed by atoms with van der Waals surface area (Å²) in [6, 6.07) is 11.9. The van der Waals surface area contributed by atoms with E-state index in [9.17, 15) is 9.59 Å². The molecular weight excluding hydrogens is 384 g/mol. The SMILES string of the molecule is O=C(CN1CCc2ccccc2C1)Nc1cc2[nH]c(=O)[nH]c2cc1Br. The number of H-pyrrole nitrogens is 2. The maximum atomic E-state index is 12.4. The summed E-state index contributed by atoms with van der Waals surface area (Å²) in [5.41, 5.74) is 4.39. The molecule has 6 nitrogen and oxygen atoms in total. The molecule has 4 rings (SSSR count). The number of benzene rings is 2. The summed E-state index contributed by atoms with van der Waals surface area (Å²) >= 11 is 3.44. The Bertz CT molecular complexity index is 1010. The number of nitrogens with zero attached hydrogens (tertiary/aromatic N) is 1. The molecule has 0 spiro atoms. The van der Waals surface area contributed by atoms with Crippen LogP contribution in [0.2, 0.25) is 0 Å². The Balaban J connectivity index is 1.46. The van der Waals surface area contributed by atoms with E-state index in [1.54, 1.807) is 12.1 Å². The average Bonchev–Trinajstić information content (AvgIpc) is 2.94. The first-order chi connectivity index (χ1) is 12.1. The fourth-order valence-electron chi connectivity index (χ4n) is 3.23. The van der Waals surface area contributed by atoms with Gasteiger partial charge in [0, 0.05) is 17.6 Å². The van der Waals surface area contributed by atoms with E-state index < -0.39 is 0 Å². The summed E-state index contributed by atoms with van der Waals surface area (Å²) in [7, 11) is 0. The van der Waals surface area contributed by atoms with Crippen LogP contribution in [-0.4, -0.2) is 33.9 Å². The smallest absolute Gasteiger partial charge is 0.323 e. The number of amides is 1. The molecular formula is C18H17BrN4O2. The molecule has 0 radical (unpaired) electrons. The number of hydrogen-bond donors (Lipinski definition) is 3. The highest BCUT2D eigenvalue weighted by atomic mass is 79.9. The second kappa shape index (κ2) is 6.50. The minimum Gasteiger partial charge on any atom is -0.324 e. The average molecular weight is 401 g/mol. The van der Waals surface area contributed by atoms with Crippen molar-refractivity contribution >= 4 is 38.6 Å². The fourth-order valence-corrected chi connectivity index (χ4v) is 3.68. The van der Waals surface area contributed by atoms with Gasteiger partial charge in [-0.3, -0.25) is 9.69 Å². The number of nitrogens with one attached hydrogen (secondary N) is 3. The van der Waals surface area contributed by atoms with Gasteiger partial charge >= 0.3 is 5.69 Å². The lowest BCUT2D eigenvalue weighted by atomic mass is 10.00. The van der Waals surface area contributed by atoms with E-state index in [0.717, 1.165) is 24.0 Å². The summed E-state index contributed by atoms with van der Waals surface area (Å²) in [6.07, 6.45) is 0.962. The number of imidazole rings is 1. The molecule has 0 atom stereocenters. The van der Waals surface area contributed by atoms with E-state index in [1.165, 1.54) is 11.1 Å². The lowest BCUT2D eigenvalue weighted by Gasteiger charge is -2.28. The van der Waals surface area contributed by atoms with E-state index in [2.05, 4.69) is 54.3 Å². The van der Waals surface area contributed by atoms with Gasteiger partial charge in [0.05, 0.1) is 23.3 Å². The van der Waals surface area contributed by atoms with Crippen LogP contribution >= 0.6 is 15.9 Å². The number of anilines is 1. The number of halogens is 1. The summed E-state index contributed by atoms with van der Waals surface area (Å²) < 4.78 is 0.729. The van der Waals surface area contributed by atoms with Crippen LogP contribution in [-0.2, 0) is 17.8 Å². The van der Waals surface area contributed by atoms with Crippen molar-refractivity contribution < 1.29 is 4.79 Å². The molecule has 0 aliphatic carbocycles. The third-order valence-electron chi connectivity index (χ3n) is 4.45. The Labute approximate surface area is 152 Å². The molecule has 3 N–H and O–H groups in total. The molecule has 25 heavy (non-hydrogen) atoms. The number of hydrogen-bond acceptors (Lipinski definition) is 3. The molecule has 0 fully saturated rings. The Morgan fingerprint density at radius 2 is 1.88 bits per heavy atom. The molecule has 1 aliphatic heterocycles. The van der Waals surface area contributed by atoms with Gasteiger partial charge in [0.15, 0.2) is 0 Å². The van der Waals surface area contributed by atoms with Crippen molar-refractivity contribution in [2.75, 3.05) is 18.4 Å². The third-order valence-corrected chi connectivity index (χ3v) is 5.11. The maximum absolute atomic E-state index is 12.4. The first-order valence-corrected chi connectivity index (χ1v) is 8.88. The van der Waals surface area contributed by atoms with Crippen LogP contribution in [0.4, 0.5) is 5.69 Å². The van der Waals surface area contributed by atoms with Gasteiger partial charge in [-0.15, -0.1) is 0 Å². The number of carbonyl (C=O) groups excluding carboxylic acids is 1. The van der Waals surface area contributed by atoms with Crippen LogP contribution in [0.5, 0.6) is 0 Å². The Morgan fingerprint density at radius 3 is 2.68 bits per heavy atom. The van der Waals surface area contributed by atoms with E-state index in [1.807, 2.05) is 6.07 Å². The molecule has 128 valence electrons. The maximum Gasteiger partial charge on any atom is 0.323 e. The van der Waals surface area contributed by atoms with E-state index in [0.29, 0.717) is 23.3 Å². The molecule has 2 heterocycles. The summed E-state index contributed by atoms with van der Waals surface area (Å²) in [4.78, 5) is 31.3. The van der Waals surface area contributed by atoms with Gasteiger partial charge < -0.3 is 15.3 Å². The standard InChI is InChI=1S/C18H17BrN4O2/c19-13-7-15-16(22-18(25)21-15)8-14(13)20-17(24)10-23-6-5-11-3-1-2-4-12(11)9-23/h1-4,7-8H,5-6,9-10H2,(H,20,24)(H2,21,22,25). The number of aromatic amines is 2. The first kappa shape index (κ1) is 16.1. The molecule has 2 aromatic carbocycles. The van der Waals surface area contributed by atoms with Crippen molar-refractivity contribution in [3.63, 3.8) is 0 Å². The summed E-state index contributed by atoms with van der Waals surface area (Å²) in [5.74, 6) is -0.0719. The Hall–Kier alpha value is -2.38. The van der Waals surface area contributed by atoms with Crippen LogP contribution in [0.15, 0.2) is 45.7 Å². The quantitative estimate of drug-likeness (QED) is 0.631. The second-order valence-corrected chi connectivity index (χ2v) is 7.09. The molecule has 7 heteroatoms. The second-order valence-electron chi connectivity index (χ2n) is 6.23. The number of carbonyl (C=O) groups is 1. The van der Waals surface area contributed by atoms with Crippen molar-refractivity contribution in [2.45, 2.75) is 13.0 Å². The van der Waals surface area contributed by atoms with E-state index in [-0.39, 0.29) is 11.6 Å². The number of aromatic nitrogens is 2. The molecule has 0 unspecified atom stereocenters. The lowest BCUT2D eigenvalue weighted by Crippen LogP contribution is -2.37. The molecule has 1 aromatic heterocycles. The molecule has 1 aliphatic rings. The molecule has 0 saturated heterocycles. The zero-order chi connectivity index (χ0) is 17.4. The zero-order valence-electron chi connectivity index (χ0n) is 13.4. The van der Waals surface area contributed by atoms with Crippen LogP contribution < -0.4 is 11.0 Å². The summed E-state index contributed by atoms with van der Waals surface area (Å²) in [6.45, 7) is 1.99. The third kappa shape index (κ3) is 3.38. The topological polar surface area (TPSA) is 81.0 Å². The minimum absolute atomic E-state index is 0.0719. The van der Waals surface area contributed by atoms with Gasteiger partial charge in [-0.1, -0.05) is 24.3 Å². The Kier molecular flexibility index (Phi) is 4.19. The van der Waals surface area contributed by atoms with Crippen LogP contribution in [0.3, 0.4) is 0 Å². The van der Waals surface area contributed by atoms with Gasteiger partial charge in [0.1, 0.15) is 0 Å². The van der Waals surface area contributed by atoms with Crippen molar-refractivity contribution in [2.24, 2.45) is 0 Å². The fraction of sp³-hybridized carbons (Fsp3) is 0.222. The van der Waals surface area contributed by atoms with Gasteiger partial charge in [-0.25, -0.2) is 4.79 Å². The van der Waals surface area contributed by atoms with Crippen molar-refractivity contribution in [1.82, 2.24) is 14.9 Å². The van der Waals surface area contributed by atoms with Crippen LogP contribution in [0.25, 0.3) is 11.0 Å². The minimum atomic E-state index is -0.266. The monoisotopic (exact) mass is 400 g/mol.